The van der Waals surface area contributed by atoms with E-state index < -0.39 is 4.92 Å². The SMILES string of the molecule is CNC(=O)C1CCCCN1Cc1ccc(Cl)c([N+](=O)[O-])c1. The number of likely N-dealkylation sites (tertiary alicyclic amines) is 1. The summed E-state index contributed by atoms with van der Waals surface area (Å²) in [6.45, 7) is 1.32. The van der Waals surface area contributed by atoms with Crippen LogP contribution in [0.3, 0.4) is 0 Å². The van der Waals surface area contributed by atoms with Crippen molar-refractivity contribution in [2.75, 3.05) is 13.6 Å². The zero-order chi connectivity index (χ0) is 15.4. The van der Waals surface area contributed by atoms with Crippen molar-refractivity contribution in [1.29, 1.82) is 0 Å². The number of piperidine rings is 1. The van der Waals surface area contributed by atoms with E-state index in [1.165, 1.54) is 12.1 Å². The number of nitro groups is 1. The summed E-state index contributed by atoms with van der Waals surface area (Å²) in [4.78, 5) is 24.4. The summed E-state index contributed by atoms with van der Waals surface area (Å²) in [5.41, 5.74) is 0.699. The number of benzene rings is 1. The quantitative estimate of drug-likeness (QED) is 0.684. The molecule has 1 aliphatic heterocycles. The Bertz CT molecular complexity index is 550. The van der Waals surface area contributed by atoms with E-state index in [0.717, 1.165) is 31.4 Å². The van der Waals surface area contributed by atoms with Gasteiger partial charge in [-0.25, -0.2) is 0 Å². The molecule has 1 fully saturated rings. The lowest BCUT2D eigenvalue weighted by Gasteiger charge is -2.34. The minimum atomic E-state index is -0.488. The van der Waals surface area contributed by atoms with Crippen LogP contribution in [0.5, 0.6) is 0 Å². The molecule has 1 aromatic rings. The second-order valence-electron chi connectivity index (χ2n) is 5.14. The molecule has 1 amide bonds. The Morgan fingerprint density at radius 2 is 2.29 bits per heavy atom. The maximum Gasteiger partial charge on any atom is 0.288 e. The van der Waals surface area contributed by atoms with Gasteiger partial charge >= 0.3 is 0 Å². The van der Waals surface area contributed by atoms with Crippen LogP contribution in [0.4, 0.5) is 5.69 Å². The van der Waals surface area contributed by atoms with Gasteiger partial charge in [0.05, 0.1) is 11.0 Å². The maximum atomic E-state index is 11.9. The second kappa shape index (κ2) is 6.87. The van der Waals surface area contributed by atoms with Crippen molar-refractivity contribution < 1.29 is 9.72 Å². The Morgan fingerprint density at radius 3 is 2.95 bits per heavy atom. The van der Waals surface area contributed by atoms with Crippen LogP contribution in [-0.4, -0.2) is 35.4 Å². The van der Waals surface area contributed by atoms with Gasteiger partial charge in [-0.2, -0.15) is 0 Å². The number of likely N-dealkylation sites (N-methyl/N-ethyl adjacent to an activating group) is 1. The molecule has 7 heteroatoms. The fraction of sp³-hybridized carbons (Fsp3) is 0.500. The van der Waals surface area contributed by atoms with E-state index in [2.05, 4.69) is 10.2 Å². The standard InChI is InChI=1S/C14H18ClN3O3/c1-16-14(19)12-4-2-3-7-17(12)9-10-5-6-11(15)13(8-10)18(20)21/h5-6,8,12H,2-4,7,9H2,1H3,(H,16,19). The average molecular weight is 312 g/mol. The van der Waals surface area contributed by atoms with E-state index in [4.69, 9.17) is 11.6 Å². The maximum absolute atomic E-state index is 11.9. The highest BCUT2D eigenvalue weighted by molar-refractivity contribution is 6.32. The van der Waals surface area contributed by atoms with Crippen LogP contribution in [0.15, 0.2) is 18.2 Å². The lowest BCUT2D eigenvalue weighted by molar-refractivity contribution is -0.384. The van der Waals surface area contributed by atoms with Crippen LogP contribution in [0.2, 0.25) is 5.02 Å². The van der Waals surface area contributed by atoms with E-state index in [0.29, 0.717) is 6.54 Å². The lowest BCUT2D eigenvalue weighted by atomic mass is 10.0. The van der Waals surface area contributed by atoms with Gasteiger partial charge in [-0.15, -0.1) is 0 Å². The lowest BCUT2D eigenvalue weighted by Crippen LogP contribution is -2.48. The van der Waals surface area contributed by atoms with Gasteiger partial charge in [-0.3, -0.25) is 19.8 Å². The summed E-state index contributed by atoms with van der Waals surface area (Å²) in [5.74, 6) is -0.00170. The third kappa shape index (κ3) is 3.71. The predicted molar refractivity (Wildman–Crippen MR) is 80.2 cm³/mol. The van der Waals surface area contributed by atoms with Gasteiger partial charge in [0.2, 0.25) is 5.91 Å². The summed E-state index contributed by atoms with van der Waals surface area (Å²) < 4.78 is 0. The summed E-state index contributed by atoms with van der Waals surface area (Å²) in [6.07, 6.45) is 2.87. The van der Waals surface area contributed by atoms with Crippen LogP contribution in [0, 0.1) is 10.1 Å². The highest BCUT2D eigenvalue weighted by Crippen LogP contribution is 2.27. The van der Waals surface area contributed by atoms with E-state index in [1.807, 2.05) is 0 Å². The van der Waals surface area contributed by atoms with Gasteiger partial charge in [0, 0.05) is 19.7 Å². The molecule has 2 rings (SSSR count). The van der Waals surface area contributed by atoms with Gasteiger partial charge in [-0.05, 0) is 31.0 Å². The first-order valence-corrected chi connectivity index (χ1v) is 7.29. The third-order valence-electron chi connectivity index (χ3n) is 3.76. The van der Waals surface area contributed by atoms with Crippen molar-refractivity contribution >= 4 is 23.2 Å². The molecule has 1 aliphatic rings. The molecule has 6 nitrogen and oxygen atoms in total. The molecule has 1 heterocycles. The zero-order valence-corrected chi connectivity index (χ0v) is 12.6. The number of nitro benzene ring substituents is 1. The van der Waals surface area contributed by atoms with Crippen molar-refractivity contribution in [3.63, 3.8) is 0 Å². The van der Waals surface area contributed by atoms with E-state index in [9.17, 15) is 14.9 Å². The van der Waals surface area contributed by atoms with E-state index in [-0.39, 0.29) is 22.7 Å². The van der Waals surface area contributed by atoms with Crippen molar-refractivity contribution in [1.82, 2.24) is 10.2 Å². The number of carbonyl (C=O) groups excluding carboxylic acids is 1. The normalized spacial score (nSPS) is 19.2. The zero-order valence-electron chi connectivity index (χ0n) is 11.8. The number of hydrogen-bond donors (Lipinski definition) is 1. The van der Waals surface area contributed by atoms with Crippen molar-refractivity contribution in [3.05, 3.63) is 38.9 Å². The Balaban J connectivity index is 2.17. The highest BCUT2D eigenvalue weighted by Gasteiger charge is 2.28. The number of nitrogens with zero attached hydrogens (tertiary/aromatic N) is 2. The Hall–Kier alpha value is -1.66. The van der Waals surface area contributed by atoms with Crippen LogP contribution in [0.25, 0.3) is 0 Å². The van der Waals surface area contributed by atoms with Gasteiger partial charge < -0.3 is 5.32 Å². The Labute approximate surface area is 128 Å². The molecule has 0 spiro atoms. The van der Waals surface area contributed by atoms with E-state index >= 15 is 0 Å². The first kappa shape index (κ1) is 15.7. The molecule has 0 aliphatic carbocycles. The molecule has 1 aromatic carbocycles. The van der Waals surface area contributed by atoms with Gasteiger partial charge in [0.25, 0.3) is 5.69 Å². The molecule has 0 saturated carbocycles. The number of amides is 1. The fourth-order valence-electron chi connectivity index (χ4n) is 2.67. The molecule has 1 unspecified atom stereocenters. The van der Waals surface area contributed by atoms with Gasteiger partial charge in [0.15, 0.2) is 0 Å². The molecule has 1 saturated heterocycles. The fourth-order valence-corrected chi connectivity index (χ4v) is 2.86. The summed E-state index contributed by atoms with van der Waals surface area (Å²) >= 11 is 5.82. The molecule has 0 aromatic heterocycles. The first-order chi connectivity index (χ1) is 10.0. The molecule has 1 atom stereocenters. The van der Waals surface area contributed by atoms with Gasteiger partial charge in [-0.1, -0.05) is 24.1 Å². The molecule has 0 radical (unpaired) electrons. The summed E-state index contributed by atoms with van der Waals surface area (Å²) in [6, 6.07) is 4.62. The Kier molecular flexibility index (Phi) is 5.14. The van der Waals surface area contributed by atoms with Crippen molar-refractivity contribution in [2.24, 2.45) is 0 Å². The number of nitrogens with one attached hydrogen (secondary N) is 1. The molecular formula is C14H18ClN3O3. The minimum Gasteiger partial charge on any atom is -0.358 e. The molecule has 21 heavy (non-hydrogen) atoms. The third-order valence-corrected chi connectivity index (χ3v) is 4.08. The number of rotatable bonds is 4. The summed E-state index contributed by atoms with van der Waals surface area (Å²) in [7, 11) is 1.63. The summed E-state index contributed by atoms with van der Waals surface area (Å²) in [5, 5.41) is 13.7. The molecule has 1 N–H and O–H groups in total. The van der Waals surface area contributed by atoms with Crippen molar-refractivity contribution in [2.45, 2.75) is 31.8 Å². The van der Waals surface area contributed by atoms with Crippen LogP contribution in [-0.2, 0) is 11.3 Å². The molecule has 0 bridgehead atoms. The topological polar surface area (TPSA) is 75.5 Å². The van der Waals surface area contributed by atoms with Crippen LogP contribution >= 0.6 is 11.6 Å². The molecule has 114 valence electrons. The molecular weight excluding hydrogens is 294 g/mol. The van der Waals surface area contributed by atoms with Crippen molar-refractivity contribution in [3.8, 4) is 0 Å². The van der Waals surface area contributed by atoms with Gasteiger partial charge in [0.1, 0.15) is 5.02 Å². The van der Waals surface area contributed by atoms with Crippen LogP contribution < -0.4 is 5.32 Å². The monoisotopic (exact) mass is 311 g/mol. The number of halogens is 1. The minimum absolute atomic E-state index is 0.00170. The Morgan fingerprint density at radius 1 is 1.52 bits per heavy atom. The van der Waals surface area contributed by atoms with E-state index in [1.54, 1.807) is 13.1 Å². The average Bonchev–Trinajstić information content (AvgIpc) is 2.48. The smallest absolute Gasteiger partial charge is 0.288 e. The highest BCUT2D eigenvalue weighted by atomic mass is 35.5. The number of hydrogen-bond acceptors (Lipinski definition) is 4. The first-order valence-electron chi connectivity index (χ1n) is 6.91. The van der Waals surface area contributed by atoms with Crippen LogP contribution in [0.1, 0.15) is 24.8 Å². The number of carbonyl (C=O) groups is 1. The predicted octanol–water partition coefficient (Wildman–Crippen LogP) is 2.35. The largest absolute Gasteiger partial charge is 0.358 e. The second-order valence-corrected chi connectivity index (χ2v) is 5.55.